The molecule has 2 rings (SSSR count). The van der Waals surface area contributed by atoms with Crippen LogP contribution in [0.5, 0.6) is 0 Å². The number of rotatable bonds is 4. The highest BCUT2D eigenvalue weighted by atomic mass is 32.2. The molecule has 7 nitrogen and oxygen atoms in total. The molecule has 1 heterocycles. The lowest BCUT2D eigenvalue weighted by atomic mass is 10.1. The predicted molar refractivity (Wildman–Crippen MR) is 91.6 cm³/mol. The van der Waals surface area contributed by atoms with E-state index in [4.69, 9.17) is 0 Å². The molecular weight excluding hydrogens is 328 g/mol. The number of anilines is 1. The number of sulfonamides is 1. The van der Waals surface area contributed by atoms with E-state index in [9.17, 15) is 13.2 Å². The Labute approximate surface area is 142 Å². The molecule has 1 amide bonds. The van der Waals surface area contributed by atoms with Gasteiger partial charge in [-0.1, -0.05) is 0 Å². The summed E-state index contributed by atoms with van der Waals surface area (Å²) in [7, 11) is 0.825. The number of aryl methyl sites for hydroxylation is 1. The molecule has 1 aromatic carbocycles. The monoisotopic (exact) mass is 348 g/mol. The fraction of sp³-hybridized carbons (Fsp3) is 0.312. The van der Waals surface area contributed by atoms with Crippen LogP contribution in [0, 0.1) is 13.8 Å². The maximum Gasteiger partial charge on any atom is 0.260 e. The van der Waals surface area contributed by atoms with Crippen LogP contribution in [0.25, 0.3) is 0 Å². The number of nitrogens with zero attached hydrogens (tertiary/aromatic N) is 4. The highest BCUT2D eigenvalue weighted by Gasteiger charge is 2.24. The number of carbonyl (C=O) groups is 1. The van der Waals surface area contributed by atoms with Crippen LogP contribution >= 0.6 is 0 Å². The van der Waals surface area contributed by atoms with Gasteiger partial charge in [-0.2, -0.15) is 0 Å². The Kier molecular flexibility index (Phi) is 5.00. The van der Waals surface area contributed by atoms with Crippen LogP contribution in [0.2, 0.25) is 0 Å². The van der Waals surface area contributed by atoms with Crippen molar-refractivity contribution in [3.63, 3.8) is 0 Å². The standard InChI is InChI=1S/C16H20N4O3S/c1-11-9-13(10-14(12(11)2)24(22,23)19(3)4)15(21)20(5)16-17-7-6-8-18-16/h6-10H,1-5H3. The van der Waals surface area contributed by atoms with Crippen LogP contribution < -0.4 is 4.90 Å². The van der Waals surface area contributed by atoms with E-state index in [0.717, 1.165) is 9.87 Å². The smallest absolute Gasteiger partial charge is 0.260 e. The third-order valence-electron chi connectivity index (χ3n) is 3.78. The summed E-state index contributed by atoms with van der Waals surface area (Å²) in [4.78, 5) is 22.2. The van der Waals surface area contributed by atoms with Crippen molar-refractivity contribution in [2.45, 2.75) is 18.7 Å². The molecule has 128 valence electrons. The Morgan fingerprint density at radius 1 is 1.04 bits per heavy atom. The summed E-state index contributed by atoms with van der Waals surface area (Å²) in [6.45, 7) is 3.50. The molecule has 2 aromatic rings. The lowest BCUT2D eigenvalue weighted by Crippen LogP contribution is -2.29. The first-order valence-electron chi connectivity index (χ1n) is 7.25. The Hall–Kier alpha value is -2.32. The second kappa shape index (κ2) is 6.66. The molecule has 0 fully saturated rings. The summed E-state index contributed by atoms with van der Waals surface area (Å²) >= 11 is 0. The molecular formula is C16H20N4O3S. The molecule has 0 aliphatic rings. The van der Waals surface area contributed by atoms with Gasteiger partial charge in [0.2, 0.25) is 16.0 Å². The number of amides is 1. The molecule has 0 saturated heterocycles. The first kappa shape index (κ1) is 18.0. The molecule has 0 N–H and O–H groups in total. The number of aromatic nitrogens is 2. The molecule has 8 heteroatoms. The molecule has 0 aliphatic heterocycles. The summed E-state index contributed by atoms with van der Waals surface area (Å²) in [5.74, 6) is -0.128. The quantitative estimate of drug-likeness (QED) is 0.838. The van der Waals surface area contributed by atoms with E-state index in [1.54, 1.807) is 33.0 Å². The third kappa shape index (κ3) is 3.29. The van der Waals surface area contributed by atoms with E-state index in [-0.39, 0.29) is 22.3 Å². The van der Waals surface area contributed by atoms with Gasteiger partial charge in [0.1, 0.15) is 0 Å². The average Bonchev–Trinajstić information content (AvgIpc) is 2.56. The summed E-state index contributed by atoms with van der Waals surface area (Å²) in [6, 6.07) is 4.73. The highest BCUT2D eigenvalue weighted by molar-refractivity contribution is 7.89. The number of benzene rings is 1. The van der Waals surface area contributed by atoms with Crippen molar-refractivity contribution < 1.29 is 13.2 Å². The van der Waals surface area contributed by atoms with Gasteiger partial charge in [0.25, 0.3) is 5.91 Å². The minimum absolute atomic E-state index is 0.123. The molecule has 0 saturated carbocycles. The summed E-state index contributed by atoms with van der Waals surface area (Å²) in [5, 5.41) is 0. The van der Waals surface area contributed by atoms with Gasteiger partial charge in [-0.15, -0.1) is 0 Å². The predicted octanol–water partition coefficient (Wildman–Crippen LogP) is 1.62. The SMILES string of the molecule is Cc1cc(C(=O)N(C)c2ncccn2)cc(S(=O)(=O)N(C)C)c1C. The zero-order valence-corrected chi connectivity index (χ0v) is 15.1. The molecule has 0 bridgehead atoms. The largest absolute Gasteiger partial charge is 0.280 e. The van der Waals surface area contributed by atoms with Crippen LogP contribution in [0.3, 0.4) is 0 Å². The van der Waals surface area contributed by atoms with E-state index in [0.29, 0.717) is 5.56 Å². The average molecular weight is 348 g/mol. The lowest BCUT2D eigenvalue weighted by molar-refractivity contribution is 0.0991. The number of hydrogen-bond acceptors (Lipinski definition) is 5. The van der Waals surface area contributed by atoms with Gasteiger partial charge in [-0.25, -0.2) is 22.7 Å². The van der Waals surface area contributed by atoms with Crippen LogP contribution in [-0.4, -0.2) is 49.7 Å². The molecule has 24 heavy (non-hydrogen) atoms. The zero-order chi connectivity index (χ0) is 18.1. The topological polar surface area (TPSA) is 83.5 Å². The zero-order valence-electron chi connectivity index (χ0n) is 14.3. The summed E-state index contributed by atoms with van der Waals surface area (Å²) in [6.07, 6.45) is 3.07. The van der Waals surface area contributed by atoms with Gasteiger partial charge in [-0.3, -0.25) is 9.69 Å². The maximum absolute atomic E-state index is 12.7. The minimum atomic E-state index is -3.65. The van der Waals surface area contributed by atoms with Gasteiger partial charge < -0.3 is 0 Å². The molecule has 0 atom stereocenters. The van der Waals surface area contributed by atoms with Crippen molar-refractivity contribution in [2.24, 2.45) is 0 Å². The number of carbonyl (C=O) groups excluding carboxylic acids is 1. The van der Waals surface area contributed by atoms with Crippen LogP contribution in [0.1, 0.15) is 21.5 Å². The maximum atomic E-state index is 12.7. The normalized spacial score (nSPS) is 11.6. The molecule has 1 aromatic heterocycles. The summed E-state index contributed by atoms with van der Waals surface area (Å²) < 4.78 is 26.1. The lowest BCUT2D eigenvalue weighted by Gasteiger charge is -2.19. The second-order valence-corrected chi connectivity index (χ2v) is 7.74. The van der Waals surface area contributed by atoms with E-state index in [1.165, 1.54) is 37.5 Å². The fourth-order valence-electron chi connectivity index (χ4n) is 2.16. The van der Waals surface area contributed by atoms with Gasteiger partial charge in [0.15, 0.2) is 0 Å². The molecule has 0 spiro atoms. The highest BCUT2D eigenvalue weighted by Crippen LogP contribution is 2.24. The van der Waals surface area contributed by atoms with E-state index in [2.05, 4.69) is 9.97 Å². The van der Waals surface area contributed by atoms with Crippen molar-refractivity contribution in [3.8, 4) is 0 Å². The Bertz CT molecular complexity index is 864. The van der Waals surface area contributed by atoms with E-state index < -0.39 is 10.0 Å². The van der Waals surface area contributed by atoms with E-state index in [1.807, 2.05) is 0 Å². The van der Waals surface area contributed by atoms with Gasteiger partial charge in [0, 0.05) is 39.1 Å². The van der Waals surface area contributed by atoms with Crippen LogP contribution in [-0.2, 0) is 10.0 Å². The van der Waals surface area contributed by atoms with Crippen molar-refractivity contribution in [1.82, 2.24) is 14.3 Å². The van der Waals surface area contributed by atoms with Crippen molar-refractivity contribution in [2.75, 3.05) is 26.0 Å². The number of hydrogen-bond donors (Lipinski definition) is 0. The Balaban J connectivity index is 2.53. The van der Waals surface area contributed by atoms with Crippen LogP contribution in [0.15, 0.2) is 35.5 Å². The second-order valence-electron chi connectivity index (χ2n) is 5.62. The van der Waals surface area contributed by atoms with Gasteiger partial charge in [0.05, 0.1) is 4.90 Å². The summed E-state index contributed by atoms with van der Waals surface area (Å²) in [5.41, 5.74) is 1.62. The first-order valence-corrected chi connectivity index (χ1v) is 8.69. The van der Waals surface area contributed by atoms with Crippen molar-refractivity contribution in [3.05, 3.63) is 47.3 Å². The van der Waals surface area contributed by atoms with Gasteiger partial charge >= 0.3 is 0 Å². The molecule has 0 radical (unpaired) electrons. The third-order valence-corrected chi connectivity index (χ3v) is 5.72. The van der Waals surface area contributed by atoms with E-state index >= 15 is 0 Å². The minimum Gasteiger partial charge on any atom is -0.280 e. The van der Waals surface area contributed by atoms with Crippen LogP contribution in [0.4, 0.5) is 5.95 Å². The van der Waals surface area contributed by atoms with Gasteiger partial charge in [-0.05, 0) is 43.2 Å². The fourth-order valence-corrected chi connectivity index (χ4v) is 3.38. The molecule has 0 unspecified atom stereocenters. The first-order chi connectivity index (χ1) is 11.2. The van der Waals surface area contributed by atoms with Crippen molar-refractivity contribution in [1.29, 1.82) is 0 Å². The Morgan fingerprint density at radius 2 is 1.62 bits per heavy atom. The van der Waals surface area contributed by atoms with Crippen molar-refractivity contribution >= 4 is 21.9 Å². The molecule has 0 aliphatic carbocycles. The Morgan fingerprint density at radius 3 is 2.17 bits per heavy atom.